The maximum Gasteiger partial charge on any atom is 0.416 e. The molecule has 0 saturated carbocycles. The first-order chi connectivity index (χ1) is 14.2. The van der Waals surface area contributed by atoms with Gasteiger partial charge in [0.2, 0.25) is 11.9 Å². The van der Waals surface area contributed by atoms with Gasteiger partial charge in [0.15, 0.2) is 0 Å². The first-order valence-corrected chi connectivity index (χ1v) is 9.84. The minimum Gasteiger partial charge on any atom is -0.394 e. The Balaban J connectivity index is 1.63. The molecule has 3 rings (SSSR count). The number of amides is 1. The molecule has 6 nitrogen and oxygen atoms in total. The number of halogens is 3. The van der Waals surface area contributed by atoms with Crippen LogP contribution < -0.4 is 5.32 Å². The Kier molecular flexibility index (Phi) is 6.60. The van der Waals surface area contributed by atoms with Crippen molar-refractivity contribution in [1.29, 1.82) is 0 Å². The lowest BCUT2D eigenvalue weighted by molar-refractivity contribution is -0.137. The van der Waals surface area contributed by atoms with Crippen molar-refractivity contribution < 1.29 is 23.1 Å². The van der Waals surface area contributed by atoms with Crippen LogP contribution in [0.3, 0.4) is 0 Å². The fraction of sp³-hybridized carbons (Fsp3) is 0.476. The van der Waals surface area contributed by atoms with Gasteiger partial charge in [-0.2, -0.15) is 13.2 Å². The number of carbonyl (C=O) groups is 1. The highest BCUT2D eigenvalue weighted by Gasteiger charge is 2.30. The molecule has 30 heavy (non-hydrogen) atoms. The van der Waals surface area contributed by atoms with E-state index in [9.17, 15) is 18.0 Å². The molecule has 1 aliphatic rings. The lowest BCUT2D eigenvalue weighted by atomic mass is 9.95. The van der Waals surface area contributed by atoms with Gasteiger partial charge in [0.25, 0.3) is 0 Å². The van der Waals surface area contributed by atoms with Crippen LogP contribution in [0.15, 0.2) is 30.5 Å². The summed E-state index contributed by atoms with van der Waals surface area (Å²) in [5.74, 6) is 0.141. The number of hydrogen-bond donors (Lipinski definition) is 2. The molecule has 0 radical (unpaired) electrons. The number of aliphatic hydroxyl groups is 1. The van der Waals surface area contributed by atoms with Crippen LogP contribution in [0.2, 0.25) is 0 Å². The second-order valence-corrected chi connectivity index (χ2v) is 7.68. The molecule has 162 valence electrons. The van der Waals surface area contributed by atoms with Crippen molar-refractivity contribution in [3.8, 4) is 0 Å². The highest BCUT2D eigenvalue weighted by atomic mass is 19.4. The molecular formula is C21H25F3N4O2. The zero-order chi connectivity index (χ0) is 21.9. The van der Waals surface area contributed by atoms with Gasteiger partial charge >= 0.3 is 6.18 Å². The summed E-state index contributed by atoms with van der Waals surface area (Å²) >= 11 is 0. The molecule has 2 atom stereocenters. The van der Waals surface area contributed by atoms with E-state index >= 15 is 0 Å². The molecule has 0 saturated heterocycles. The smallest absolute Gasteiger partial charge is 0.394 e. The van der Waals surface area contributed by atoms with Gasteiger partial charge in [-0.3, -0.25) is 4.79 Å². The van der Waals surface area contributed by atoms with Crippen LogP contribution in [0.25, 0.3) is 0 Å². The van der Waals surface area contributed by atoms with Crippen molar-refractivity contribution in [3.63, 3.8) is 0 Å². The monoisotopic (exact) mass is 422 g/mol. The summed E-state index contributed by atoms with van der Waals surface area (Å²) in [4.78, 5) is 23.2. The second kappa shape index (κ2) is 8.99. The first kappa shape index (κ1) is 22.0. The minimum atomic E-state index is -4.37. The molecule has 2 aromatic rings. The summed E-state index contributed by atoms with van der Waals surface area (Å²) in [6, 6.07) is 4.77. The van der Waals surface area contributed by atoms with E-state index in [0.29, 0.717) is 31.0 Å². The van der Waals surface area contributed by atoms with Crippen molar-refractivity contribution in [2.45, 2.75) is 51.4 Å². The van der Waals surface area contributed by atoms with Gasteiger partial charge in [-0.05, 0) is 42.5 Å². The van der Waals surface area contributed by atoms with Gasteiger partial charge in [0.1, 0.15) is 0 Å². The Morgan fingerprint density at radius 1 is 1.27 bits per heavy atom. The largest absolute Gasteiger partial charge is 0.416 e. The molecule has 1 amide bonds. The molecule has 0 spiro atoms. The minimum absolute atomic E-state index is 0.0487. The van der Waals surface area contributed by atoms with Crippen LogP contribution in [0.1, 0.15) is 48.6 Å². The van der Waals surface area contributed by atoms with E-state index in [1.807, 2.05) is 6.92 Å². The number of anilines is 1. The predicted molar refractivity (Wildman–Crippen MR) is 106 cm³/mol. The van der Waals surface area contributed by atoms with E-state index < -0.39 is 11.7 Å². The standard InChI is InChI=1S/C21H25F3N4O2/c1-13(15-3-5-17(6-4-15)21(22,23)24)9-19(30)28-8-7-16-10-25-20(26-14(2)12-29)27-18(16)11-28/h3-6,10,13-14,29H,7-9,11-12H2,1-2H3,(H,25,26,27). The third-order valence-electron chi connectivity index (χ3n) is 5.24. The Bertz CT molecular complexity index is 887. The van der Waals surface area contributed by atoms with Gasteiger partial charge in [0.05, 0.1) is 24.4 Å². The van der Waals surface area contributed by atoms with Gasteiger partial charge < -0.3 is 15.3 Å². The van der Waals surface area contributed by atoms with Crippen molar-refractivity contribution in [3.05, 3.63) is 52.8 Å². The van der Waals surface area contributed by atoms with Gasteiger partial charge in [-0.1, -0.05) is 19.1 Å². The van der Waals surface area contributed by atoms with E-state index in [2.05, 4.69) is 15.3 Å². The average molecular weight is 422 g/mol. The fourth-order valence-electron chi connectivity index (χ4n) is 3.36. The van der Waals surface area contributed by atoms with Crippen LogP contribution in [0.5, 0.6) is 0 Å². The number of carbonyl (C=O) groups excluding carboxylic acids is 1. The normalized spacial score (nSPS) is 16.0. The Morgan fingerprint density at radius 3 is 2.60 bits per heavy atom. The van der Waals surface area contributed by atoms with Crippen molar-refractivity contribution in [2.75, 3.05) is 18.5 Å². The number of fused-ring (bicyclic) bond motifs is 1. The third kappa shape index (κ3) is 5.27. The number of nitrogens with one attached hydrogen (secondary N) is 1. The number of alkyl halides is 3. The molecule has 2 unspecified atom stereocenters. The summed E-state index contributed by atoms with van der Waals surface area (Å²) in [6.45, 7) is 4.50. The van der Waals surface area contributed by atoms with Crippen molar-refractivity contribution in [1.82, 2.24) is 14.9 Å². The lowest BCUT2D eigenvalue weighted by Gasteiger charge is -2.29. The first-order valence-electron chi connectivity index (χ1n) is 9.84. The SMILES string of the molecule is CC(CO)Nc1ncc2c(n1)CN(C(=O)CC(C)c1ccc(C(F)(F)F)cc1)CC2. The molecule has 0 aliphatic carbocycles. The molecule has 1 aromatic heterocycles. The van der Waals surface area contributed by atoms with E-state index in [1.54, 1.807) is 18.0 Å². The number of hydrogen-bond acceptors (Lipinski definition) is 5. The summed E-state index contributed by atoms with van der Waals surface area (Å²) in [5, 5.41) is 12.2. The number of rotatable bonds is 6. The molecular weight excluding hydrogens is 397 g/mol. The maximum atomic E-state index is 12.8. The zero-order valence-electron chi connectivity index (χ0n) is 16.9. The number of aliphatic hydroxyl groups excluding tert-OH is 1. The molecule has 2 N–H and O–H groups in total. The second-order valence-electron chi connectivity index (χ2n) is 7.68. The van der Waals surface area contributed by atoms with Gasteiger partial charge in [0, 0.05) is 25.2 Å². The fourth-order valence-corrected chi connectivity index (χ4v) is 3.36. The average Bonchev–Trinajstić information content (AvgIpc) is 2.72. The van der Waals surface area contributed by atoms with Gasteiger partial charge in [-0.15, -0.1) is 0 Å². The van der Waals surface area contributed by atoms with Crippen LogP contribution in [0.4, 0.5) is 19.1 Å². The van der Waals surface area contributed by atoms with Crippen LogP contribution >= 0.6 is 0 Å². The quantitative estimate of drug-likeness (QED) is 0.746. The third-order valence-corrected chi connectivity index (χ3v) is 5.24. The highest BCUT2D eigenvalue weighted by molar-refractivity contribution is 5.77. The molecule has 9 heteroatoms. The van der Waals surface area contributed by atoms with Crippen LogP contribution in [-0.4, -0.2) is 45.1 Å². The molecule has 1 aromatic carbocycles. The summed E-state index contributed by atoms with van der Waals surface area (Å²) in [5.41, 5.74) is 1.74. The number of benzene rings is 1. The summed E-state index contributed by atoms with van der Waals surface area (Å²) < 4.78 is 38.2. The maximum absolute atomic E-state index is 12.8. The van der Waals surface area contributed by atoms with Gasteiger partial charge in [-0.25, -0.2) is 9.97 Å². The summed E-state index contributed by atoms with van der Waals surface area (Å²) in [7, 11) is 0. The van der Waals surface area contributed by atoms with Crippen LogP contribution in [0, 0.1) is 0 Å². The van der Waals surface area contributed by atoms with E-state index in [1.165, 1.54) is 12.1 Å². The molecule has 1 aliphatic heterocycles. The molecule has 0 fully saturated rings. The Hall–Kier alpha value is -2.68. The summed E-state index contributed by atoms with van der Waals surface area (Å²) in [6.07, 6.45) is -1.78. The van der Waals surface area contributed by atoms with E-state index in [0.717, 1.165) is 23.4 Å². The van der Waals surface area contributed by atoms with Crippen molar-refractivity contribution in [2.24, 2.45) is 0 Å². The predicted octanol–water partition coefficient (Wildman–Crippen LogP) is 3.37. The molecule has 2 heterocycles. The number of aromatic nitrogens is 2. The van der Waals surface area contributed by atoms with E-state index in [4.69, 9.17) is 5.11 Å². The lowest BCUT2D eigenvalue weighted by Crippen LogP contribution is -2.37. The zero-order valence-corrected chi connectivity index (χ0v) is 16.9. The number of nitrogens with zero attached hydrogens (tertiary/aromatic N) is 3. The topological polar surface area (TPSA) is 78.3 Å². The Labute approximate surface area is 173 Å². The van der Waals surface area contributed by atoms with Crippen LogP contribution in [-0.2, 0) is 23.9 Å². The molecule has 0 bridgehead atoms. The Morgan fingerprint density at radius 2 is 1.97 bits per heavy atom. The van der Waals surface area contributed by atoms with E-state index in [-0.39, 0.29) is 30.9 Å². The highest BCUT2D eigenvalue weighted by Crippen LogP contribution is 2.31. The van der Waals surface area contributed by atoms with Crippen molar-refractivity contribution >= 4 is 11.9 Å².